The van der Waals surface area contributed by atoms with Gasteiger partial charge in [0.2, 0.25) is 0 Å². The van der Waals surface area contributed by atoms with Gasteiger partial charge in [-0.05, 0) is 0 Å². The molecule has 0 saturated heterocycles. The molecular weight excluding hydrogens is 159 g/mol. The van der Waals surface area contributed by atoms with Gasteiger partial charge in [0, 0.05) is 0 Å². The molecule has 0 radical (unpaired) electrons. The third-order valence-electron chi connectivity index (χ3n) is 0.750. The first-order valence-corrected chi connectivity index (χ1v) is 3.67. The van der Waals surface area contributed by atoms with E-state index >= 15 is 0 Å². The molecule has 1 aromatic rings. The summed E-state index contributed by atoms with van der Waals surface area (Å²) in [6, 6.07) is 0. The zero-order valence-electron chi connectivity index (χ0n) is 4.85. The van der Waals surface area contributed by atoms with Crippen LogP contribution in [0.4, 0.5) is 0 Å². The number of hydrogen-bond acceptors (Lipinski definition) is 5. The Kier molecular flexibility index (Phi) is 2.56. The lowest BCUT2D eigenvalue weighted by Crippen LogP contribution is -1.83. The highest BCUT2D eigenvalue weighted by molar-refractivity contribution is 7.32. The highest BCUT2D eigenvalue weighted by atomic mass is 31.1. The van der Waals surface area contributed by atoms with Gasteiger partial charge in [-0.1, -0.05) is 10.3 Å². The standard InChI is InChI=1S/C3H5N2O4P/c6-10(7)8-2-3-1-4-9-5-3/h1,10H,2H2,(H,6,7). The first-order valence-electron chi connectivity index (χ1n) is 2.41. The van der Waals surface area contributed by atoms with Gasteiger partial charge in [-0.15, -0.1) is 0 Å². The summed E-state index contributed by atoms with van der Waals surface area (Å²) >= 11 is 0. The molecule has 7 heteroatoms. The predicted octanol–water partition coefficient (Wildman–Crippen LogP) is -0.0318. The predicted molar refractivity (Wildman–Crippen MR) is 30.3 cm³/mol. The maximum atomic E-state index is 9.98. The molecule has 1 rings (SSSR count). The van der Waals surface area contributed by atoms with Crippen LogP contribution in [0.2, 0.25) is 0 Å². The number of hydrogen-bond donors (Lipinski definition) is 1. The van der Waals surface area contributed by atoms with E-state index < -0.39 is 8.25 Å². The Labute approximate surface area is 56.7 Å². The Morgan fingerprint density at radius 1 is 1.90 bits per heavy atom. The van der Waals surface area contributed by atoms with Crippen LogP contribution in [-0.4, -0.2) is 15.2 Å². The second-order valence-corrected chi connectivity index (χ2v) is 2.27. The van der Waals surface area contributed by atoms with Crippen molar-refractivity contribution in [3.63, 3.8) is 0 Å². The minimum absolute atomic E-state index is 0.0439. The minimum Gasteiger partial charge on any atom is -0.326 e. The lowest BCUT2D eigenvalue weighted by Gasteiger charge is -1.91. The lowest BCUT2D eigenvalue weighted by molar-refractivity contribution is 0.253. The van der Waals surface area contributed by atoms with Crippen LogP contribution in [-0.2, 0) is 15.7 Å². The van der Waals surface area contributed by atoms with Crippen molar-refractivity contribution >= 4 is 8.25 Å². The summed E-state index contributed by atoms with van der Waals surface area (Å²) < 4.78 is 18.5. The molecule has 56 valence electrons. The van der Waals surface area contributed by atoms with Crippen LogP contribution in [0.3, 0.4) is 0 Å². The van der Waals surface area contributed by atoms with E-state index in [-0.39, 0.29) is 6.61 Å². The van der Waals surface area contributed by atoms with Crippen LogP contribution in [0.1, 0.15) is 5.69 Å². The number of rotatable bonds is 3. The first kappa shape index (κ1) is 7.40. The van der Waals surface area contributed by atoms with Gasteiger partial charge in [-0.3, -0.25) is 4.57 Å². The van der Waals surface area contributed by atoms with E-state index in [1.807, 2.05) is 0 Å². The van der Waals surface area contributed by atoms with Gasteiger partial charge in [0.15, 0.2) is 0 Å². The summed E-state index contributed by atoms with van der Waals surface area (Å²) in [5, 5.41) is 6.61. The van der Waals surface area contributed by atoms with Crippen LogP contribution in [0, 0.1) is 0 Å². The molecule has 1 unspecified atom stereocenters. The van der Waals surface area contributed by atoms with Gasteiger partial charge in [0.25, 0.3) is 0 Å². The molecule has 0 amide bonds. The fraction of sp³-hybridized carbons (Fsp3) is 0.333. The molecule has 0 spiro atoms. The third kappa shape index (κ3) is 2.26. The fourth-order valence-electron chi connectivity index (χ4n) is 0.383. The molecule has 0 fully saturated rings. The summed E-state index contributed by atoms with van der Waals surface area (Å²) in [5.74, 6) is 0. The average Bonchev–Trinajstić information content (AvgIpc) is 2.34. The van der Waals surface area contributed by atoms with Crippen molar-refractivity contribution in [1.29, 1.82) is 0 Å². The second-order valence-electron chi connectivity index (χ2n) is 1.45. The van der Waals surface area contributed by atoms with Gasteiger partial charge < -0.3 is 9.42 Å². The molecule has 0 aliphatic carbocycles. The SMILES string of the molecule is O=[PH](O)OCc1cnon1. The van der Waals surface area contributed by atoms with Crippen LogP contribution in [0.5, 0.6) is 0 Å². The van der Waals surface area contributed by atoms with E-state index in [0.29, 0.717) is 5.69 Å². The highest BCUT2D eigenvalue weighted by Crippen LogP contribution is 2.16. The Morgan fingerprint density at radius 2 is 2.70 bits per heavy atom. The monoisotopic (exact) mass is 164 g/mol. The fourth-order valence-corrected chi connectivity index (χ4v) is 0.655. The van der Waals surface area contributed by atoms with Crippen molar-refractivity contribution in [3.8, 4) is 0 Å². The molecule has 6 nitrogen and oxygen atoms in total. The first-order chi connectivity index (χ1) is 4.79. The van der Waals surface area contributed by atoms with Crippen LogP contribution >= 0.6 is 8.25 Å². The highest BCUT2D eigenvalue weighted by Gasteiger charge is 1.98. The smallest absolute Gasteiger partial charge is 0.316 e. The number of aromatic nitrogens is 2. The van der Waals surface area contributed by atoms with E-state index in [4.69, 9.17) is 4.89 Å². The second kappa shape index (κ2) is 3.46. The third-order valence-corrected chi connectivity index (χ3v) is 1.14. The molecule has 10 heavy (non-hydrogen) atoms. The molecule has 1 atom stereocenters. The largest absolute Gasteiger partial charge is 0.326 e. The Balaban J connectivity index is 2.35. The molecular formula is C3H5N2O4P. The van der Waals surface area contributed by atoms with Crippen LogP contribution in [0.25, 0.3) is 0 Å². The van der Waals surface area contributed by atoms with Crippen molar-refractivity contribution in [2.24, 2.45) is 0 Å². The summed E-state index contributed by atoms with van der Waals surface area (Å²) in [4.78, 5) is 8.20. The van der Waals surface area contributed by atoms with E-state index in [2.05, 4.69) is 19.5 Å². The zero-order chi connectivity index (χ0) is 7.40. The average molecular weight is 164 g/mol. The van der Waals surface area contributed by atoms with Gasteiger partial charge in [0.1, 0.15) is 12.3 Å². The van der Waals surface area contributed by atoms with Gasteiger partial charge >= 0.3 is 8.25 Å². The normalized spacial score (nSPS) is 13.3. The molecule has 0 aliphatic rings. The van der Waals surface area contributed by atoms with Crippen molar-refractivity contribution in [3.05, 3.63) is 11.9 Å². The molecule has 0 aromatic carbocycles. The van der Waals surface area contributed by atoms with E-state index in [1.54, 1.807) is 0 Å². The van der Waals surface area contributed by atoms with Crippen LogP contribution in [0.15, 0.2) is 10.8 Å². The lowest BCUT2D eigenvalue weighted by atomic mass is 10.5. The van der Waals surface area contributed by atoms with Crippen molar-refractivity contribution in [2.75, 3.05) is 0 Å². The molecule has 1 N–H and O–H groups in total. The summed E-state index contributed by atoms with van der Waals surface area (Å²) in [7, 11) is -2.87. The maximum absolute atomic E-state index is 9.98. The summed E-state index contributed by atoms with van der Waals surface area (Å²) in [6.45, 7) is -0.0439. The van der Waals surface area contributed by atoms with Crippen molar-refractivity contribution < 1.29 is 18.6 Å². The van der Waals surface area contributed by atoms with Gasteiger partial charge in [-0.2, -0.15) is 0 Å². The molecule has 1 heterocycles. The Bertz CT molecular complexity index is 210. The summed E-state index contributed by atoms with van der Waals surface area (Å²) in [6.07, 6.45) is 1.31. The zero-order valence-corrected chi connectivity index (χ0v) is 5.85. The Morgan fingerprint density at radius 3 is 3.20 bits per heavy atom. The Hall–Kier alpha value is -0.710. The van der Waals surface area contributed by atoms with E-state index in [0.717, 1.165) is 0 Å². The number of nitrogens with zero attached hydrogens (tertiary/aromatic N) is 2. The molecule has 1 aromatic heterocycles. The molecule has 0 aliphatic heterocycles. The van der Waals surface area contributed by atoms with Crippen molar-refractivity contribution in [2.45, 2.75) is 6.61 Å². The molecule has 0 saturated carbocycles. The topological polar surface area (TPSA) is 85.5 Å². The van der Waals surface area contributed by atoms with Gasteiger partial charge in [-0.25, -0.2) is 4.63 Å². The van der Waals surface area contributed by atoms with Gasteiger partial charge in [0.05, 0.1) is 6.20 Å². The van der Waals surface area contributed by atoms with Crippen molar-refractivity contribution in [1.82, 2.24) is 10.3 Å². The summed E-state index contributed by atoms with van der Waals surface area (Å²) in [5.41, 5.74) is 0.396. The maximum Gasteiger partial charge on any atom is 0.316 e. The van der Waals surface area contributed by atoms with E-state index in [1.165, 1.54) is 6.20 Å². The molecule has 0 bridgehead atoms. The van der Waals surface area contributed by atoms with E-state index in [9.17, 15) is 4.57 Å². The van der Waals surface area contributed by atoms with Crippen LogP contribution < -0.4 is 0 Å². The minimum atomic E-state index is -2.87. The quantitative estimate of drug-likeness (QED) is 0.631.